The standard InChI is InChI=1S/C30H37N9O4S/c1-17(40)36-21(7-4-14-35-30(33)34)29(43)39-15-5-8-23(39)27(42)37-22(16-18-10-12-19(13-11-18)26(31)32)25(41)28-38-20-6-2-3-9-24(20)44-28/h2-3,6,9-13,21-23H,4-5,7-8,14-16H2,1H3,(H3,31,32)(H,36,40)(H,37,42)(H4,33,34,35)/t21-,22?,23+/m1/s1. The van der Waals surface area contributed by atoms with Crippen molar-refractivity contribution in [3.05, 3.63) is 64.7 Å². The number of carbonyl (C=O) groups is 4. The van der Waals surface area contributed by atoms with Crippen molar-refractivity contribution in [2.45, 2.75) is 57.2 Å². The Morgan fingerprint density at radius 1 is 1.05 bits per heavy atom. The molecule has 232 valence electrons. The van der Waals surface area contributed by atoms with Crippen LogP contribution in [0.25, 0.3) is 10.2 Å². The molecule has 0 bridgehead atoms. The number of nitrogens with one attached hydrogen (secondary N) is 5. The van der Waals surface area contributed by atoms with Gasteiger partial charge >= 0.3 is 0 Å². The number of benzene rings is 2. The first-order valence-electron chi connectivity index (χ1n) is 14.3. The van der Waals surface area contributed by atoms with Gasteiger partial charge in [-0.25, -0.2) is 4.98 Å². The molecular formula is C30H37N9O4S. The number of amidine groups is 1. The molecule has 1 aromatic heterocycles. The lowest BCUT2D eigenvalue weighted by Crippen LogP contribution is -2.55. The average Bonchev–Trinajstić information content (AvgIpc) is 3.65. The normalized spacial score (nSPS) is 15.8. The third-order valence-electron chi connectivity index (χ3n) is 7.34. The number of nitrogens with zero attached hydrogens (tertiary/aromatic N) is 2. The highest BCUT2D eigenvalue weighted by Gasteiger charge is 2.39. The minimum atomic E-state index is -0.965. The summed E-state index contributed by atoms with van der Waals surface area (Å²) in [6.07, 6.45) is 1.91. The number of carbonyl (C=O) groups excluding carboxylic acids is 4. The van der Waals surface area contributed by atoms with E-state index in [1.807, 2.05) is 24.3 Å². The SMILES string of the molecule is CC(=O)N[C@H](CCCNC(=N)N)C(=O)N1CCC[C@H]1C(=O)NC(Cc1ccc(C(=N)N)cc1)C(=O)c1nc2ccccc2s1. The number of rotatable bonds is 13. The summed E-state index contributed by atoms with van der Waals surface area (Å²) in [5, 5.41) is 23.5. The van der Waals surface area contributed by atoms with Crippen LogP contribution in [0.3, 0.4) is 0 Å². The van der Waals surface area contributed by atoms with Gasteiger partial charge in [-0.15, -0.1) is 11.3 Å². The number of thiazole rings is 1. The van der Waals surface area contributed by atoms with Gasteiger partial charge in [0.05, 0.1) is 16.3 Å². The number of para-hydroxylation sites is 1. The molecule has 4 rings (SSSR count). The number of aromatic nitrogens is 1. The second kappa shape index (κ2) is 14.6. The Labute approximate surface area is 258 Å². The zero-order chi connectivity index (χ0) is 31.8. The van der Waals surface area contributed by atoms with Gasteiger partial charge in [0, 0.05) is 32.0 Å². The predicted octanol–water partition coefficient (Wildman–Crippen LogP) is 1.25. The molecule has 3 aromatic rings. The minimum Gasteiger partial charge on any atom is -0.384 e. The summed E-state index contributed by atoms with van der Waals surface area (Å²) in [5.74, 6) is -1.83. The van der Waals surface area contributed by atoms with E-state index in [4.69, 9.17) is 22.3 Å². The maximum atomic E-state index is 13.8. The lowest BCUT2D eigenvalue weighted by Gasteiger charge is -2.29. The van der Waals surface area contributed by atoms with Gasteiger partial charge < -0.3 is 32.3 Å². The van der Waals surface area contributed by atoms with Crippen LogP contribution in [-0.2, 0) is 20.8 Å². The van der Waals surface area contributed by atoms with Crippen LogP contribution in [0.15, 0.2) is 48.5 Å². The van der Waals surface area contributed by atoms with Gasteiger partial charge in [-0.05, 0) is 43.4 Å². The Balaban J connectivity index is 1.54. The molecule has 1 saturated heterocycles. The number of nitrogens with two attached hydrogens (primary N) is 2. The van der Waals surface area contributed by atoms with Crippen LogP contribution in [0.5, 0.6) is 0 Å². The predicted molar refractivity (Wildman–Crippen MR) is 169 cm³/mol. The van der Waals surface area contributed by atoms with Crippen molar-refractivity contribution in [3.63, 3.8) is 0 Å². The second-order valence-electron chi connectivity index (χ2n) is 10.7. The number of guanidine groups is 1. The van der Waals surface area contributed by atoms with E-state index in [0.717, 1.165) is 10.3 Å². The van der Waals surface area contributed by atoms with Crippen molar-refractivity contribution < 1.29 is 19.2 Å². The van der Waals surface area contributed by atoms with Gasteiger partial charge in [-0.1, -0.05) is 36.4 Å². The van der Waals surface area contributed by atoms with E-state index in [2.05, 4.69) is 20.9 Å². The van der Waals surface area contributed by atoms with Crippen LogP contribution in [0.1, 0.15) is 53.5 Å². The number of likely N-dealkylation sites (tertiary alicyclic amines) is 1. The highest BCUT2D eigenvalue weighted by molar-refractivity contribution is 7.20. The molecule has 3 atom stereocenters. The largest absolute Gasteiger partial charge is 0.384 e. The van der Waals surface area contributed by atoms with Gasteiger partial charge in [0.15, 0.2) is 11.0 Å². The van der Waals surface area contributed by atoms with Gasteiger partial charge in [-0.2, -0.15) is 0 Å². The van der Waals surface area contributed by atoms with Gasteiger partial charge in [0.2, 0.25) is 23.5 Å². The van der Waals surface area contributed by atoms with E-state index in [0.29, 0.717) is 49.9 Å². The maximum absolute atomic E-state index is 13.8. The summed E-state index contributed by atoms with van der Waals surface area (Å²) in [4.78, 5) is 59.0. The summed E-state index contributed by atoms with van der Waals surface area (Å²) in [6.45, 7) is 2.01. The Kier molecular flexibility index (Phi) is 10.6. The zero-order valence-electron chi connectivity index (χ0n) is 24.4. The minimum absolute atomic E-state index is 0.0781. The van der Waals surface area contributed by atoms with Gasteiger partial charge in [0.25, 0.3) is 0 Å². The molecule has 0 aliphatic carbocycles. The number of hydrogen-bond donors (Lipinski definition) is 7. The fourth-order valence-corrected chi connectivity index (χ4v) is 6.16. The lowest BCUT2D eigenvalue weighted by atomic mass is 10.00. The van der Waals surface area contributed by atoms with Gasteiger partial charge in [0.1, 0.15) is 17.9 Å². The molecule has 2 aromatic carbocycles. The molecule has 1 aliphatic rings. The van der Waals surface area contributed by atoms with Crippen LogP contribution >= 0.6 is 11.3 Å². The van der Waals surface area contributed by atoms with Crippen LogP contribution in [-0.4, -0.2) is 76.4 Å². The molecule has 44 heavy (non-hydrogen) atoms. The summed E-state index contributed by atoms with van der Waals surface area (Å²) >= 11 is 1.25. The molecule has 1 aliphatic heterocycles. The molecule has 0 radical (unpaired) electrons. The Morgan fingerprint density at radius 3 is 2.43 bits per heavy atom. The van der Waals surface area contributed by atoms with E-state index >= 15 is 0 Å². The Bertz CT molecular complexity index is 1520. The number of hydrogen-bond acceptors (Lipinski definition) is 8. The lowest BCUT2D eigenvalue weighted by molar-refractivity contribution is -0.141. The number of fused-ring (bicyclic) bond motifs is 1. The first-order chi connectivity index (χ1) is 21.0. The van der Waals surface area contributed by atoms with Crippen molar-refractivity contribution in [1.29, 1.82) is 10.8 Å². The smallest absolute Gasteiger partial charge is 0.245 e. The highest BCUT2D eigenvalue weighted by atomic mass is 32.1. The third kappa shape index (κ3) is 8.16. The number of nitrogen functional groups attached to an aromatic ring is 1. The molecule has 1 unspecified atom stereocenters. The fourth-order valence-electron chi connectivity index (χ4n) is 5.20. The molecule has 14 heteroatoms. The van der Waals surface area contributed by atoms with Crippen LogP contribution in [0.2, 0.25) is 0 Å². The molecular weight excluding hydrogens is 582 g/mol. The molecule has 0 saturated carbocycles. The topological polar surface area (TPSA) is 220 Å². The number of Topliss-reactive ketones (excluding diaryl/α,β-unsaturated/α-hetero) is 1. The third-order valence-corrected chi connectivity index (χ3v) is 8.39. The molecule has 3 amide bonds. The van der Waals surface area contributed by atoms with E-state index < -0.39 is 24.0 Å². The first kappa shape index (κ1) is 32.1. The molecule has 0 spiro atoms. The highest BCUT2D eigenvalue weighted by Crippen LogP contribution is 2.24. The summed E-state index contributed by atoms with van der Waals surface area (Å²) in [6, 6.07) is 11.6. The van der Waals surface area contributed by atoms with Crippen LogP contribution in [0.4, 0.5) is 0 Å². The van der Waals surface area contributed by atoms with Crippen molar-refractivity contribution in [1.82, 2.24) is 25.8 Å². The first-order valence-corrected chi connectivity index (χ1v) is 15.1. The second-order valence-corrected chi connectivity index (χ2v) is 11.7. The van der Waals surface area contributed by atoms with Crippen molar-refractivity contribution >= 4 is 56.9 Å². The molecule has 13 nitrogen and oxygen atoms in total. The summed E-state index contributed by atoms with van der Waals surface area (Å²) in [5.41, 5.74) is 12.9. The molecule has 1 fully saturated rings. The molecule has 9 N–H and O–H groups in total. The number of amides is 3. The summed E-state index contributed by atoms with van der Waals surface area (Å²) < 4.78 is 0.849. The van der Waals surface area contributed by atoms with Crippen molar-refractivity contribution in [2.24, 2.45) is 11.5 Å². The number of ketones is 1. The Morgan fingerprint density at radius 2 is 1.77 bits per heavy atom. The van der Waals surface area contributed by atoms with Crippen molar-refractivity contribution in [3.8, 4) is 0 Å². The van der Waals surface area contributed by atoms with E-state index in [-0.39, 0.29) is 40.8 Å². The van der Waals surface area contributed by atoms with Crippen molar-refractivity contribution in [2.75, 3.05) is 13.1 Å². The zero-order valence-corrected chi connectivity index (χ0v) is 25.2. The quantitative estimate of drug-likeness (QED) is 0.0637. The van der Waals surface area contributed by atoms with Gasteiger partial charge in [-0.3, -0.25) is 30.0 Å². The fraction of sp³-hybridized carbons (Fsp3) is 0.367. The maximum Gasteiger partial charge on any atom is 0.245 e. The monoisotopic (exact) mass is 619 g/mol. The van der Waals surface area contributed by atoms with Crippen LogP contribution in [0, 0.1) is 10.8 Å². The average molecular weight is 620 g/mol. The Hall–Kier alpha value is -4.85. The van der Waals surface area contributed by atoms with Crippen LogP contribution < -0.4 is 27.4 Å². The van der Waals surface area contributed by atoms with E-state index in [1.54, 1.807) is 24.3 Å². The van der Waals surface area contributed by atoms with E-state index in [1.165, 1.54) is 23.2 Å². The molecule has 2 heterocycles. The summed E-state index contributed by atoms with van der Waals surface area (Å²) in [7, 11) is 0. The van der Waals surface area contributed by atoms with E-state index in [9.17, 15) is 19.2 Å².